The van der Waals surface area contributed by atoms with Crippen LogP contribution in [0.4, 0.5) is 5.69 Å². The van der Waals surface area contributed by atoms with Gasteiger partial charge >= 0.3 is 0 Å². The lowest BCUT2D eigenvalue weighted by Crippen LogP contribution is -2.44. The number of carbonyl (C=O) groups excluding carboxylic acids is 1. The van der Waals surface area contributed by atoms with E-state index in [0.717, 1.165) is 16.6 Å². The van der Waals surface area contributed by atoms with Gasteiger partial charge in [0, 0.05) is 18.2 Å². The van der Waals surface area contributed by atoms with Crippen molar-refractivity contribution in [3.63, 3.8) is 0 Å². The van der Waals surface area contributed by atoms with Crippen molar-refractivity contribution in [1.29, 1.82) is 0 Å². The van der Waals surface area contributed by atoms with Gasteiger partial charge in [-0.3, -0.25) is 4.79 Å². The molecule has 6 nitrogen and oxygen atoms in total. The highest BCUT2D eigenvalue weighted by molar-refractivity contribution is 7.89. The van der Waals surface area contributed by atoms with Gasteiger partial charge < -0.3 is 5.32 Å². The monoisotopic (exact) mass is 393 g/mol. The molecule has 8 heteroatoms. The Morgan fingerprint density at radius 1 is 1.35 bits per heavy atom. The number of hydrogen-bond acceptors (Lipinski definition) is 5. The summed E-state index contributed by atoms with van der Waals surface area (Å²) >= 11 is 1.68. The van der Waals surface area contributed by atoms with E-state index in [1.54, 1.807) is 11.3 Å². The Hall–Kier alpha value is -1.51. The number of anilines is 1. The number of benzene rings is 1. The molecule has 26 heavy (non-hydrogen) atoms. The summed E-state index contributed by atoms with van der Waals surface area (Å²) in [5.74, 6) is 0.461. The number of carbonyl (C=O) groups is 1. The van der Waals surface area contributed by atoms with Crippen LogP contribution in [0, 0.1) is 0 Å². The van der Waals surface area contributed by atoms with E-state index in [2.05, 4.69) is 10.3 Å². The first-order chi connectivity index (χ1) is 12.5. The third-order valence-electron chi connectivity index (χ3n) is 4.92. The zero-order chi connectivity index (χ0) is 18.3. The van der Waals surface area contributed by atoms with Crippen molar-refractivity contribution in [3.8, 4) is 0 Å². The number of nitrogens with zero attached hydrogens (tertiary/aromatic N) is 2. The molecule has 2 aromatic rings. The predicted molar refractivity (Wildman–Crippen MR) is 104 cm³/mol. The first-order valence-corrected chi connectivity index (χ1v) is 11.6. The number of amides is 1. The van der Waals surface area contributed by atoms with E-state index >= 15 is 0 Å². The van der Waals surface area contributed by atoms with Gasteiger partial charge in [0.1, 0.15) is 6.04 Å². The molecule has 0 radical (unpaired) electrons. The summed E-state index contributed by atoms with van der Waals surface area (Å²) in [6.07, 6.45) is 4.28. The zero-order valence-electron chi connectivity index (χ0n) is 14.8. The molecule has 1 N–H and O–H groups in total. The molecule has 1 unspecified atom stereocenters. The third-order valence-corrected chi connectivity index (χ3v) is 8.18. The van der Waals surface area contributed by atoms with Gasteiger partial charge in [0.2, 0.25) is 15.9 Å². The summed E-state index contributed by atoms with van der Waals surface area (Å²) in [6.45, 7) is 2.27. The molecule has 2 aliphatic rings. The van der Waals surface area contributed by atoms with E-state index in [9.17, 15) is 13.2 Å². The Morgan fingerprint density at radius 3 is 2.88 bits per heavy atom. The van der Waals surface area contributed by atoms with E-state index in [4.69, 9.17) is 0 Å². The third kappa shape index (κ3) is 3.50. The number of nitrogens with one attached hydrogen (secondary N) is 1. The van der Waals surface area contributed by atoms with Crippen molar-refractivity contribution in [3.05, 3.63) is 23.2 Å². The number of sulfonamides is 1. The van der Waals surface area contributed by atoms with Gasteiger partial charge in [-0.1, -0.05) is 6.92 Å². The molecule has 2 fully saturated rings. The first kappa shape index (κ1) is 17.9. The molecular formula is C18H23N3O3S2. The molecule has 4 rings (SSSR count). The van der Waals surface area contributed by atoms with Crippen molar-refractivity contribution in [2.24, 2.45) is 0 Å². The second kappa shape index (κ2) is 6.90. The van der Waals surface area contributed by atoms with Gasteiger partial charge in [-0.15, -0.1) is 11.3 Å². The summed E-state index contributed by atoms with van der Waals surface area (Å²) in [7, 11) is -3.37. The average Bonchev–Trinajstić information content (AvgIpc) is 3.16. The molecule has 1 aliphatic carbocycles. The maximum atomic E-state index is 12.7. The lowest BCUT2D eigenvalue weighted by Gasteiger charge is -2.23. The Kier molecular flexibility index (Phi) is 4.75. The molecule has 1 aromatic heterocycles. The number of thiazole rings is 1. The zero-order valence-corrected chi connectivity index (χ0v) is 16.4. The molecule has 0 bridgehead atoms. The van der Waals surface area contributed by atoms with Crippen LogP contribution in [0.1, 0.15) is 50.0 Å². The van der Waals surface area contributed by atoms with Gasteiger partial charge in [0.15, 0.2) is 0 Å². The van der Waals surface area contributed by atoms with E-state index in [1.165, 1.54) is 22.2 Å². The molecule has 1 atom stereocenters. The quantitative estimate of drug-likeness (QED) is 0.816. The van der Waals surface area contributed by atoms with Crippen LogP contribution in [-0.2, 0) is 14.8 Å². The predicted octanol–water partition coefficient (Wildman–Crippen LogP) is 3.32. The molecule has 1 saturated heterocycles. The van der Waals surface area contributed by atoms with Crippen LogP contribution in [0.2, 0.25) is 0 Å². The lowest BCUT2D eigenvalue weighted by molar-refractivity contribution is -0.119. The number of fused-ring (bicyclic) bond motifs is 1. The number of aromatic nitrogens is 1. The highest BCUT2D eigenvalue weighted by Gasteiger charge is 2.38. The highest BCUT2D eigenvalue weighted by atomic mass is 32.2. The van der Waals surface area contributed by atoms with Crippen LogP contribution in [-0.4, -0.2) is 42.0 Å². The summed E-state index contributed by atoms with van der Waals surface area (Å²) < 4.78 is 27.2. The van der Waals surface area contributed by atoms with Crippen molar-refractivity contribution in [2.45, 2.75) is 51.0 Å². The Bertz CT molecular complexity index is 934. The Labute approximate surface area is 157 Å². The molecule has 1 saturated carbocycles. The maximum Gasteiger partial charge on any atom is 0.242 e. The van der Waals surface area contributed by atoms with Crippen LogP contribution in [0.25, 0.3) is 10.2 Å². The molecule has 1 aliphatic heterocycles. The van der Waals surface area contributed by atoms with Gasteiger partial charge in [0.05, 0.1) is 21.0 Å². The van der Waals surface area contributed by atoms with Crippen molar-refractivity contribution < 1.29 is 13.2 Å². The summed E-state index contributed by atoms with van der Waals surface area (Å²) in [5.41, 5.74) is 1.66. The van der Waals surface area contributed by atoms with Gasteiger partial charge in [-0.2, -0.15) is 4.31 Å². The summed E-state index contributed by atoms with van der Waals surface area (Å²) in [6, 6.07) is 5.10. The van der Waals surface area contributed by atoms with Crippen LogP contribution in [0.15, 0.2) is 18.2 Å². The van der Waals surface area contributed by atoms with Crippen molar-refractivity contribution in [1.82, 2.24) is 9.29 Å². The maximum absolute atomic E-state index is 12.7. The fourth-order valence-electron chi connectivity index (χ4n) is 3.46. The minimum atomic E-state index is -3.37. The van der Waals surface area contributed by atoms with E-state index in [0.29, 0.717) is 31.0 Å². The van der Waals surface area contributed by atoms with Crippen LogP contribution < -0.4 is 5.32 Å². The molecular weight excluding hydrogens is 370 g/mol. The number of hydrogen-bond donors (Lipinski definition) is 1. The van der Waals surface area contributed by atoms with Gasteiger partial charge in [0.25, 0.3) is 0 Å². The average molecular weight is 394 g/mol. The fourth-order valence-corrected chi connectivity index (χ4v) is 6.38. The number of rotatable bonds is 6. The molecule has 140 valence electrons. The van der Waals surface area contributed by atoms with Crippen LogP contribution in [0.3, 0.4) is 0 Å². The van der Waals surface area contributed by atoms with E-state index in [1.807, 2.05) is 25.1 Å². The highest BCUT2D eigenvalue weighted by Crippen LogP contribution is 2.43. The normalized spacial score (nSPS) is 21.3. The van der Waals surface area contributed by atoms with E-state index < -0.39 is 16.1 Å². The second-order valence-corrected chi connectivity index (χ2v) is 10.2. The smallest absolute Gasteiger partial charge is 0.242 e. The van der Waals surface area contributed by atoms with Crippen LogP contribution >= 0.6 is 11.3 Å². The molecule has 2 heterocycles. The molecule has 1 amide bonds. The largest absolute Gasteiger partial charge is 0.325 e. The van der Waals surface area contributed by atoms with Crippen molar-refractivity contribution in [2.75, 3.05) is 17.6 Å². The van der Waals surface area contributed by atoms with Gasteiger partial charge in [-0.25, -0.2) is 13.4 Å². The molecule has 1 aromatic carbocycles. The fraction of sp³-hybridized carbons (Fsp3) is 0.556. The molecule has 0 spiro atoms. The Morgan fingerprint density at radius 2 is 2.15 bits per heavy atom. The Balaban J connectivity index is 1.51. The topological polar surface area (TPSA) is 79.4 Å². The first-order valence-electron chi connectivity index (χ1n) is 9.19. The lowest BCUT2D eigenvalue weighted by atomic mass is 10.2. The van der Waals surface area contributed by atoms with Crippen molar-refractivity contribution >= 4 is 43.2 Å². The summed E-state index contributed by atoms with van der Waals surface area (Å²) in [4.78, 5) is 17.4. The SMILES string of the molecule is CCCS(=O)(=O)N1CCCC1C(=O)Nc1ccc2nc(C3CC3)sc2c1. The van der Waals surface area contributed by atoms with E-state index in [-0.39, 0.29) is 11.7 Å². The second-order valence-electron chi connectivity index (χ2n) is 7.08. The minimum Gasteiger partial charge on any atom is -0.325 e. The summed E-state index contributed by atoms with van der Waals surface area (Å²) in [5, 5.41) is 4.09. The standard InChI is InChI=1S/C18H23N3O3S2/c1-2-10-26(23,24)21-9-3-4-15(21)17(22)19-13-7-8-14-16(11-13)25-18(20-14)12-5-6-12/h7-8,11-12,15H,2-6,9-10H2,1H3,(H,19,22). The van der Waals surface area contributed by atoms with Gasteiger partial charge in [-0.05, 0) is 50.3 Å². The minimum absolute atomic E-state index is 0.0908. The van der Waals surface area contributed by atoms with Crippen LogP contribution in [0.5, 0.6) is 0 Å².